The third-order valence-corrected chi connectivity index (χ3v) is 3.08. The Morgan fingerprint density at radius 2 is 2.12 bits per heavy atom. The minimum atomic E-state index is -0.171. The van der Waals surface area contributed by atoms with E-state index in [2.05, 4.69) is 31.3 Å². The molecule has 0 saturated heterocycles. The molecule has 0 atom stereocenters. The lowest BCUT2D eigenvalue weighted by Gasteiger charge is -2.07. The van der Waals surface area contributed by atoms with Gasteiger partial charge < -0.3 is 10.1 Å². The molecule has 1 aliphatic rings. The molecular weight excluding hydrogens is 214 g/mol. The molecule has 0 amide bonds. The average molecular weight is 233 g/mol. The SMILES string of the molecule is Cc1ccc(COC(=O)CNC2CC2)cc1C. The third kappa shape index (κ3) is 3.86. The number of aryl methyl sites for hydroxylation is 2. The summed E-state index contributed by atoms with van der Waals surface area (Å²) in [5.74, 6) is -0.171. The van der Waals surface area contributed by atoms with Gasteiger partial charge in [-0.05, 0) is 43.4 Å². The van der Waals surface area contributed by atoms with Crippen LogP contribution >= 0.6 is 0 Å². The quantitative estimate of drug-likeness (QED) is 0.791. The van der Waals surface area contributed by atoms with Crippen molar-refractivity contribution in [3.63, 3.8) is 0 Å². The second kappa shape index (κ2) is 5.32. The zero-order valence-corrected chi connectivity index (χ0v) is 10.5. The van der Waals surface area contributed by atoms with Crippen molar-refractivity contribution in [2.24, 2.45) is 0 Å². The molecule has 3 heteroatoms. The molecule has 0 aliphatic heterocycles. The molecule has 1 aromatic rings. The van der Waals surface area contributed by atoms with E-state index in [4.69, 9.17) is 4.74 Å². The highest BCUT2D eigenvalue weighted by Crippen LogP contribution is 2.18. The van der Waals surface area contributed by atoms with Crippen LogP contribution in [0.2, 0.25) is 0 Å². The first-order chi connectivity index (χ1) is 8.15. The molecule has 1 aliphatic carbocycles. The molecule has 0 radical (unpaired) electrons. The third-order valence-electron chi connectivity index (χ3n) is 3.08. The molecule has 0 bridgehead atoms. The maximum Gasteiger partial charge on any atom is 0.320 e. The zero-order valence-electron chi connectivity index (χ0n) is 10.5. The van der Waals surface area contributed by atoms with Crippen molar-refractivity contribution < 1.29 is 9.53 Å². The Labute approximate surface area is 102 Å². The highest BCUT2D eigenvalue weighted by Gasteiger charge is 2.21. The summed E-state index contributed by atoms with van der Waals surface area (Å²) in [6, 6.07) is 6.67. The topological polar surface area (TPSA) is 38.3 Å². The summed E-state index contributed by atoms with van der Waals surface area (Å²) < 4.78 is 5.20. The normalized spacial score (nSPS) is 14.7. The van der Waals surface area contributed by atoms with Crippen molar-refractivity contribution in [3.05, 3.63) is 34.9 Å². The lowest BCUT2D eigenvalue weighted by molar-refractivity contribution is -0.143. The Bertz CT molecular complexity index is 411. The summed E-state index contributed by atoms with van der Waals surface area (Å²) in [6.45, 7) is 4.84. The first kappa shape index (κ1) is 12.1. The Kier molecular flexibility index (Phi) is 3.79. The molecule has 0 aromatic heterocycles. The minimum absolute atomic E-state index is 0.171. The highest BCUT2D eigenvalue weighted by atomic mass is 16.5. The standard InChI is InChI=1S/C14H19NO2/c1-10-3-4-12(7-11(10)2)9-17-14(16)8-15-13-5-6-13/h3-4,7,13,15H,5-6,8-9H2,1-2H3. The molecule has 1 saturated carbocycles. The molecule has 1 fully saturated rings. The number of esters is 1. The Balaban J connectivity index is 1.75. The van der Waals surface area contributed by atoms with E-state index in [0.29, 0.717) is 19.2 Å². The predicted molar refractivity (Wildman–Crippen MR) is 66.7 cm³/mol. The van der Waals surface area contributed by atoms with Crippen LogP contribution in [0.15, 0.2) is 18.2 Å². The molecule has 0 spiro atoms. The molecule has 0 heterocycles. The minimum Gasteiger partial charge on any atom is -0.460 e. The van der Waals surface area contributed by atoms with Gasteiger partial charge in [-0.25, -0.2) is 0 Å². The molecular formula is C14H19NO2. The second-order valence-corrected chi connectivity index (χ2v) is 4.73. The molecule has 3 nitrogen and oxygen atoms in total. The summed E-state index contributed by atoms with van der Waals surface area (Å²) in [6.07, 6.45) is 2.37. The molecule has 17 heavy (non-hydrogen) atoms. The number of carbonyl (C=O) groups excluding carboxylic acids is 1. The lowest BCUT2D eigenvalue weighted by atomic mass is 10.1. The Morgan fingerprint density at radius 1 is 1.35 bits per heavy atom. The van der Waals surface area contributed by atoms with E-state index in [1.165, 1.54) is 24.0 Å². The molecule has 0 unspecified atom stereocenters. The fraction of sp³-hybridized carbons (Fsp3) is 0.500. The molecule has 1 aromatic carbocycles. The van der Waals surface area contributed by atoms with Crippen LogP contribution in [0.4, 0.5) is 0 Å². The molecule has 2 rings (SSSR count). The van der Waals surface area contributed by atoms with Crippen LogP contribution in [0.5, 0.6) is 0 Å². The van der Waals surface area contributed by atoms with Gasteiger partial charge in [-0.15, -0.1) is 0 Å². The first-order valence-corrected chi connectivity index (χ1v) is 6.10. The van der Waals surface area contributed by atoms with Crippen LogP contribution in [-0.2, 0) is 16.1 Å². The largest absolute Gasteiger partial charge is 0.460 e. The van der Waals surface area contributed by atoms with Crippen LogP contribution in [0.25, 0.3) is 0 Å². The van der Waals surface area contributed by atoms with Gasteiger partial charge in [0.15, 0.2) is 0 Å². The summed E-state index contributed by atoms with van der Waals surface area (Å²) in [5, 5.41) is 3.14. The van der Waals surface area contributed by atoms with Crippen molar-refractivity contribution in [2.75, 3.05) is 6.54 Å². The van der Waals surface area contributed by atoms with E-state index in [1.807, 2.05) is 6.07 Å². The first-order valence-electron chi connectivity index (χ1n) is 6.10. The van der Waals surface area contributed by atoms with E-state index >= 15 is 0 Å². The highest BCUT2D eigenvalue weighted by molar-refractivity contribution is 5.71. The number of hydrogen-bond donors (Lipinski definition) is 1. The maximum absolute atomic E-state index is 11.4. The lowest BCUT2D eigenvalue weighted by Crippen LogP contribution is -2.26. The van der Waals surface area contributed by atoms with Crippen LogP contribution in [0.1, 0.15) is 29.5 Å². The van der Waals surface area contributed by atoms with Gasteiger partial charge in [-0.2, -0.15) is 0 Å². The number of nitrogens with one attached hydrogen (secondary N) is 1. The van der Waals surface area contributed by atoms with E-state index in [0.717, 1.165) is 5.56 Å². The van der Waals surface area contributed by atoms with Gasteiger partial charge in [0, 0.05) is 6.04 Å². The number of ether oxygens (including phenoxy) is 1. The number of hydrogen-bond acceptors (Lipinski definition) is 3. The fourth-order valence-electron chi connectivity index (χ4n) is 1.62. The van der Waals surface area contributed by atoms with Crippen LogP contribution in [0.3, 0.4) is 0 Å². The monoisotopic (exact) mass is 233 g/mol. The van der Waals surface area contributed by atoms with Crippen molar-refractivity contribution in [2.45, 2.75) is 39.3 Å². The summed E-state index contributed by atoms with van der Waals surface area (Å²) >= 11 is 0. The summed E-state index contributed by atoms with van der Waals surface area (Å²) in [7, 11) is 0. The van der Waals surface area contributed by atoms with Crippen molar-refractivity contribution in [3.8, 4) is 0 Å². The van der Waals surface area contributed by atoms with Gasteiger partial charge in [-0.1, -0.05) is 18.2 Å². The van der Waals surface area contributed by atoms with E-state index < -0.39 is 0 Å². The van der Waals surface area contributed by atoms with Gasteiger partial charge in [-0.3, -0.25) is 4.79 Å². The average Bonchev–Trinajstić information content (AvgIpc) is 3.12. The number of rotatable bonds is 5. The number of carbonyl (C=O) groups is 1. The zero-order chi connectivity index (χ0) is 12.3. The van der Waals surface area contributed by atoms with Gasteiger partial charge in [0.2, 0.25) is 0 Å². The smallest absolute Gasteiger partial charge is 0.320 e. The second-order valence-electron chi connectivity index (χ2n) is 4.73. The Hall–Kier alpha value is -1.35. The van der Waals surface area contributed by atoms with Gasteiger partial charge in [0.25, 0.3) is 0 Å². The molecule has 1 N–H and O–H groups in total. The van der Waals surface area contributed by atoms with Crippen molar-refractivity contribution in [1.82, 2.24) is 5.32 Å². The van der Waals surface area contributed by atoms with Crippen molar-refractivity contribution >= 4 is 5.97 Å². The fourth-order valence-corrected chi connectivity index (χ4v) is 1.62. The van der Waals surface area contributed by atoms with Crippen LogP contribution < -0.4 is 5.32 Å². The van der Waals surface area contributed by atoms with E-state index in [1.54, 1.807) is 0 Å². The van der Waals surface area contributed by atoms with E-state index in [9.17, 15) is 4.79 Å². The van der Waals surface area contributed by atoms with E-state index in [-0.39, 0.29) is 5.97 Å². The van der Waals surface area contributed by atoms with Crippen LogP contribution in [-0.4, -0.2) is 18.6 Å². The van der Waals surface area contributed by atoms with Crippen LogP contribution in [0, 0.1) is 13.8 Å². The molecule has 92 valence electrons. The maximum atomic E-state index is 11.4. The van der Waals surface area contributed by atoms with Gasteiger partial charge in [0.1, 0.15) is 6.61 Å². The number of benzene rings is 1. The summed E-state index contributed by atoms with van der Waals surface area (Å²) in [5.41, 5.74) is 3.54. The predicted octanol–water partition coefficient (Wildman–Crippen LogP) is 2.10. The van der Waals surface area contributed by atoms with Gasteiger partial charge >= 0.3 is 5.97 Å². The van der Waals surface area contributed by atoms with Gasteiger partial charge in [0.05, 0.1) is 6.54 Å². The Morgan fingerprint density at radius 3 is 2.76 bits per heavy atom. The summed E-state index contributed by atoms with van der Waals surface area (Å²) in [4.78, 5) is 11.4. The van der Waals surface area contributed by atoms with Crippen molar-refractivity contribution in [1.29, 1.82) is 0 Å².